The van der Waals surface area contributed by atoms with Crippen LogP contribution in [0.2, 0.25) is 0 Å². The van der Waals surface area contributed by atoms with E-state index < -0.39 is 5.09 Å². The van der Waals surface area contributed by atoms with Gasteiger partial charge in [-0.15, -0.1) is 10.1 Å². The van der Waals surface area contributed by atoms with Gasteiger partial charge in [-0.2, -0.15) is 0 Å². The average molecular weight is 259 g/mol. The van der Waals surface area contributed by atoms with Gasteiger partial charge < -0.3 is 19.3 Å². The molecule has 100 valence electrons. The van der Waals surface area contributed by atoms with E-state index in [1.165, 1.54) is 6.26 Å². The molecule has 9 heteroatoms. The van der Waals surface area contributed by atoms with Crippen LogP contribution >= 0.6 is 0 Å². The minimum atomic E-state index is -0.891. The van der Waals surface area contributed by atoms with Crippen LogP contribution in [-0.2, 0) is 9.57 Å². The van der Waals surface area contributed by atoms with Crippen molar-refractivity contribution in [2.45, 2.75) is 6.92 Å². The van der Waals surface area contributed by atoms with Crippen LogP contribution < -0.4 is 5.32 Å². The van der Waals surface area contributed by atoms with Crippen LogP contribution in [0, 0.1) is 17.0 Å². The van der Waals surface area contributed by atoms with Crippen molar-refractivity contribution < 1.29 is 23.9 Å². The van der Waals surface area contributed by atoms with Crippen molar-refractivity contribution in [1.29, 1.82) is 0 Å². The van der Waals surface area contributed by atoms with Crippen molar-refractivity contribution in [2.24, 2.45) is 0 Å². The summed E-state index contributed by atoms with van der Waals surface area (Å²) in [7, 11) is 0. The largest absolute Gasteiger partial charge is 0.448 e. The summed E-state index contributed by atoms with van der Waals surface area (Å²) in [5.41, 5.74) is 0.198. The summed E-state index contributed by atoms with van der Waals surface area (Å²) in [5, 5.41) is 11.5. The molecule has 18 heavy (non-hydrogen) atoms. The Balaban J connectivity index is 2.04. The number of carbonyl (C=O) groups excluding carboxylic acids is 1. The van der Waals surface area contributed by atoms with Crippen molar-refractivity contribution >= 4 is 5.91 Å². The molecule has 0 aliphatic carbocycles. The first-order chi connectivity index (χ1) is 8.59. The van der Waals surface area contributed by atoms with Gasteiger partial charge in [0.15, 0.2) is 11.6 Å². The third-order valence-corrected chi connectivity index (χ3v) is 1.81. The first-order valence-corrected chi connectivity index (χ1v) is 5.15. The number of ether oxygens (including phenoxy) is 1. The molecule has 1 aromatic rings. The number of aryl methyl sites for hydroxylation is 1. The number of aromatic nitrogens is 1. The Morgan fingerprint density at radius 1 is 1.56 bits per heavy atom. The minimum absolute atomic E-state index is 0.0833. The van der Waals surface area contributed by atoms with E-state index in [-0.39, 0.29) is 38.0 Å². The zero-order valence-electron chi connectivity index (χ0n) is 9.75. The smallest absolute Gasteiger partial charge is 0.294 e. The molecule has 0 saturated heterocycles. The van der Waals surface area contributed by atoms with Gasteiger partial charge in [-0.1, -0.05) is 0 Å². The predicted molar refractivity (Wildman–Crippen MR) is 57.3 cm³/mol. The normalized spacial score (nSPS) is 10.1. The lowest BCUT2D eigenvalue weighted by molar-refractivity contribution is -0.758. The summed E-state index contributed by atoms with van der Waals surface area (Å²) in [5.74, 6) is 0.0466. The topological polar surface area (TPSA) is 117 Å². The number of oxazole rings is 1. The van der Waals surface area contributed by atoms with Crippen LogP contribution in [-0.4, -0.2) is 42.3 Å². The minimum Gasteiger partial charge on any atom is -0.448 e. The lowest BCUT2D eigenvalue weighted by Gasteiger charge is -2.04. The van der Waals surface area contributed by atoms with Gasteiger partial charge in [0, 0.05) is 13.5 Å². The first kappa shape index (κ1) is 13.9. The molecule has 0 saturated carbocycles. The predicted octanol–water partition coefficient (Wildman–Crippen LogP) is -0.0623. The van der Waals surface area contributed by atoms with E-state index in [0.717, 1.165) is 0 Å². The van der Waals surface area contributed by atoms with E-state index in [9.17, 15) is 14.9 Å². The molecule has 0 fully saturated rings. The Morgan fingerprint density at radius 3 is 2.94 bits per heavy atom. The lowest BCUT2D eigenvalue weighted by atomic mass is 10.4. The van der Waals surface area contributed by atoms with Crippen LogP contribution in [0.5, 0.6) is 0 Å². The summed E-state index contributed by atoms with van der Waals surface area (Å²) >= 11 is 0. The van der Waals surface area contributed by atoms with Crippen molar-refractivity contribution in [2.75, 3.05) is 26.4 Å². The zero-order valence-corrected chi connectivity index (χ0v) is 9.75. The molecule has 0 unspecified atom stereocenters. The number of nitrogens with one attached hydrogen (secondary N) is 1. The molecule has 0 atom stereocenters. The van der Waals surface area contributed by atoms with Gasteiger partial charge in [-0.3, -0.25) is 4.79 Å². The monoisotopic (exact) mass is 259 g/mol. The van der Waals surface area contributed by atoms with Gasteiger partial charge >= 0.3 is 0 Å². The van der Waals surface area contributed by atoms with E-state index in [1.807, 2.05) is 0 Å². The molecule has 1 rings (SSSR count). The number of hydrogen-bond donors (Lipinski definition) is 1. The fraction of sp³-hybridized carbons (Fsp3) is 0.556. The maximum Gasteiger partial charge on any atom is 0.294 e. The second-order valence-corrected chi connectivity index (χ2v) is 3.18. The maximum atomic E-state index is 11.4. The van der Waals surface area contributed by atoms with E-state index >= 15 is 0 Å². The highest BCUT2D eigenvalue weighted by atomic mass is 17.0. The summed E-state index contributed by atoms with van der Waals surface area (Å²) in [4.78, 5) is 29.1. The van der Waals surface area contributed by atoms with Crippen molar-refractivity contribution in [3.8, 4) is 0 Å². The third-order valence-electron chi connectivity index (χ3n) is 1.81. The van der Waals surface area contributed by atoms with Gasteiger partial charge in [-0.25, -0.2) is 4.98 Å². The van der Waals surface area contributed by atoms with Crippen molar-refractivity contribution in [1.82, 2.24) is 10.3 Å². The van der Waals surface area contributed by atoms with E-state index in [4.69, 9.17) is 9.15 Å². The molecule has 1 heterocycles. The summed E-state index contributed by atoms with van der Waals surface area (Å²) in [6, 6.07) is 0. The van der Waals surface area contributed by atoms with Crippen molar-refractivity contribution in [3.63, 3.8) is 0 Å². The standard InChI is InChI=1S/C9H13N3O6/c1-7-11-8(6-17-7)9(13)10-2-3-16-4-5-18-12(14)15/h6H,2-5H2,1H3,(H,10,13). The Labute approximate surface area is 102 Å². The second-order valence-electron chi connectivity index (χ2n) is 3.18. The molecule has 1 N–H and O–H groups in total. The van der Waals surface area contributed by atoms with E-state index in [1.54, 1.807) is 6.92 Å². The number of hydrogen-bond acceptors (Lipinski definition) is 7. The van der Waals surface area contributed by atoms with Crippen molar-refractivity contribution in [3.05, 3.63) is 28.0 Å². The molecular weight excluding hydrogens is 246 g/mol. The lowest BCUT2D eigenvalue weighted by Crippen LogP contribution is -2.28. The van der Waals surface area contributed by atoms with Crippen LogP contribution in [0.3, 0.4) is 0 Å². The van der Waals surface area contributed by atoms with Crippen LogP contribution in [0.25, 0.3) is 0 Å². The number of nitrogens with zero attached hydrogens (tertiary/aromatic N) is 2. The summed E-state index contributed by atoms with van der Waals surface area (Å²) in [6.07, 6.45) is 1.26. The Kier molecular flexibility index (Phi) is 5.58. The highest BCUT2D eigenvalue weighted by Gasteiger charge is 2.09. The van der Waals surface area contributed by atoms with Crippen LogP contribution in [0.1, 0.15) is 16.4 Å². The molecule has 1 aromatic heterocycles. The quantitative estimate of drug-likeness (QED) is 0.394. The average Bonchev–Trinajstić information content (AvgIpc) is 2.74. The van der Waals surface area contributed by atoms with E-state index in [0.29, 0.717) is 5.89 Å². The second kappa shape index (κ2) is 7.22. The maximum absolute atomic E-state index is 11.4. The molecule has 1 amide bonds. The Hall–Kier alpha value is -2.16. The molecule has 0 radical (unpaired) electrons. The SMILES string of the molecule is Cc1nc(C(=O)NCCOCCO[N+](=O)[O-])co1. The first-order valence-electron chi connectivity index (χ1n) is 5.15. The molecule has 9 nitrogen and oxygen atoms in total. The number of amides is 1. The van der Waals surface area contributed by atoms with Crippen LogP contribution in [0.15, 0.2) is 10.7 Å². The molecule has 0 spiro atoms. The molecule has 0 aliphatic heterocycles. The fourth-order valence-corrected chi connectivity index (χ4v) is 1.07. The fourth-order valence-electron chi connectivity index (χ4n) is 1.07. The molecule has 0 aromatic carbocycles. The molecular formula is C9H13N3O6. The van der Waals surface area contributed by atoms with E-state index in [2.05, 4.69) is 15.1 Å². The summed E-state index contributed by atoms with van der Waals surface area (Å²) in [6.45, 7) is 2.07. The number of carbonyl (C=O) groups is 1. The van der Waals surface area contributed by atoms with Gasteiger partial charge in [0.1, 0.15) is 12.9 Å². The highest BCUT2D eigenvalue weighted by Crippen LogP contribution is 1.99. The van der Waals surface area contributed by atoms with Gasteiger partial charge in [-0.05, 0) is 0 Å². The van der Waals surface area contributed by atoms with Gasteiger partial charge in [0.05, 0.1) is 13.2 Å². The van der Waals surface area contributed by atoms with Gasteiger partial charge in [0.25, 0.3) is 11.0 Å². The summed E-state index contributed by atoms with van der Waals surface area (Å²) < 4.78 is 9.87. The van der Waals surface area contributed by atoms with Gasteiger partial charge in [0.2, 0.25) is 0 Å². The molecule has 0 aliphatic rings. The Bertz CT molecular complexity index is 405. The number of rotatable bonds is 8. The zero-order chi connectivity index (χ0) is 13.4. The molecule has 0 bridgehead atoms. The highest BCUT2D eigenvalue weighted by molar-refractivity contribution is 5.91. The van der Waals surface area contributed by atoms with Crippen LogP contribution in [0.4, 0.5) is 0 Å². The third kappa shape index (κ3) is 5.25. The Morgan fingerprint density at radius 2 is 2.33 bits per heavy atom.